The zero-order chi connectivity index (χ0) is 7.28. The summed E-state index contributed by atoms with van der Waals surface area (Å²) in [5.41, 5.74) is 0. The molecule has 2 unspecified atom stereocenters. The molecule has 1 N–H and O–H groups in total. The summed E-state index contributed by atoms with van der Waals surface area (Å²) in [5, 5.41) is 8.52. The molecule has 0 bridgehead atoms. The van der Waals surface area contributed by atoms with E-state index in [-0.39, 0.29) is 0 Å². The van der Waals surface area contributed by atoms with Crippen molar-refractivity contribution in [2.75, 3.05) is 7.11 Å². The third-order valence-corrected chi connectivity index (χ3v) is 0.674. The molecule has 54 valence electrons. The second kappa shape index (κ2) is 4.43. The third-order valence-electron chi connectivity index (χ3n) is 0.674. The van der Waals surface area contributed by atoms with Gasteiger partial charge in [0.1, 0.15) is 0 Å². The molecule has 4 heteroatoms. The lowest BCUT2D eigenvalue weighted by atomic mass is 10.7. The lowest BCUT2D eigenvalue weighted by Gasteiger charge is -2.10. The van der Waals surface area contributed by atoms with E-state index in [1.54, 1.807) is 0 Å². The van der Waals surface area contributed by atoms with Gasteiger partial charge in [-0.15, -0.1) is 0 Å². The van der Waals surface area contributed by atoms with Gasteiger partial charge in [-0.3, -0.25) is 4.79 Å². The highest BCUT2D eigenvalue weighted by Crippen LogP contribution is 1.92. The molecule has 0 radical (unpaired) electrons. The third kappa shape index (κ3) is 4.08. The fourth-order valence-electron chi connectivity index (χ4n) is 0.337. The zero-order valence-corrected chi connectivity index (χ0v) is 5.40. The van der Waals surface area contributed by atoms with Gasteiger partial charge < -0.3 is 14.6 Å². The number of methoxy groups -OCH3 is 1. The monoisotopic (exact) mass is 134 g/mol. The largest absolute Gasteiger partial charge is 0.368 e. The molecule has 0 aliphatic rings. The molecule has 0 amide bonds. The fraction of sp³-hybridized carbons (Fsp3) is 0.800. The quantitative estimate of drug-likeness (QED) is 0.416. The average Bonchev–Trinajstić information content (AvgIpc) is 1.82. The predicted molar refractivity (Wildman–Crippen MR) is 29.6 cm³/mol. The van der Waals surface area contributed by atoms with Crippen LogP contribution in [0.15, 0.2) is 0 Å². The van der Waals surface area contributed by atoms with Gasteiger partial charge in [0.05, 0.1) is 0 Å². The first-order valence-corrected chi connectivity index (χ1v) is 2.52. The molecule has 0 aromatic rings. The number of carbonyl (C=O) groups is 1. The number of carbonyl (C=O) groups excluding carboxylic acids is 1. The van der Waals surface area contributed by atoms with E-state index in [1.807, 2.05) is 0 Å². The van der Waals surface area contributed by atoms with Crippen molar-refractivity contribution in [1.29, 1.82) is 0 Å². The number of aliphatic hydroxyl groups is 1. The van der Waals surface area contributed by atoms with E-state index in [4.69, 9.17) is 5.11 Å². The van der Waals surface area contributed by atoms with Crippen molar-refractivity contribution >= 4 is 6.29 Å². The van der Waals surface area contributed by atoms with Gasteiger partial charge in [0.2, 0.25) is 6.29 Å². The Kier molecular flexibility index (Phi) is 4.21. The Morgan fingerprint density at radius 3 is 2.33 bits per heavy atom. The van der Waals surface area contributed by atoms with Crippen molar-refractivity contribution in [2.24, 2.45) is 0 Å². The van der Waals surface area contributed by atoms with Gasteiger partial charge in [0.25, 0.3) is 0 Å². The molecule has 0 aromatic carbocycles. The molecule has 0 aliphatic heterocycles. The van der Waals surface area contributed by atoms with E-state index >= 15 is 0 Å². The van der Waals surface area contributed by atoms with Crippen LogP contribution in [0.5, 0.6) is 0 Å². The standard InChI is InChI=1S/C5H10O4/c1-4(7)9-5(3-6)8-2/h3-5,7H,1-2H3. The van der Waals surface area contributed by atoms with Crippen LogP contribution in [-0.2, 0) is 14.3 Å². The number of aldehydes is 1. The van der Waals surface area contributed by atoms with Crippen LogP contribution in [0.4, 0.5) is 0 Å². The summed E-state index contributed by atoms with van der Waals surface area (Å²) >= 11 is 0. The van der Waals surface area contributed by atoms with Crippen LogP contribution < -0.4 is 0 Å². The van der Waals surface area contributed by atoms with Crippen LogP contribution >= 0.6 is 0 Å². The lowest BCUT2D eigenvalue weighted by Crippen LogP contribution is -2.22. The SMILES string of the molecule is COC(C=O)OC(C)O. The second-order valence-electron chi connectivity index (χ2n) is 1.48. The highest BCUT2D eigenvalue weighted by molar-refractivity contribution is 5.53. The predicted octanol–water partition coefficient (Wildman–Crippen LogP) is -0.487. The fourth-order valence-corrected chi connectivity index (χ4v) is 0.337. The van der Waals surface area contributed by atoms with Gasteiger partial charge in [0, 0.05) is 7.11 Å². The number of rotatable bonds is 4. The van der Waals surface area contributed by atoms with Crippen molar-refractivity contribution in [3.63, 3.8) is 0 Å². The smallest absolute Gasteiger partial charge is 0.216 e. The van der Waals surface area contributed by atoms with E-state index in [0.717, 1.165) is 0 Å². The molecule has 0 fully saturated rings. The van der Waals surface area contributed by atoms with E-state index in [0.29, 0.717) is 6.29 Å². The lowest BCUT2D eigenvalue weighted by molar-refractivity contribution is -0.202. The minimum atomic E-state index is -0.972. The highest BCUT2D eigenvalue weighted by Gasteiger charge is 2.06. The zero-order valence-electron chi connectivity index (χ0n) is 5.40. The molecule has 0 heterocycles. The topological polar surface area (TPSA) is 55.8 Å². The molecule has 4 nitrogen and oxygen atoms in total. The summed E-state index contributed by atoms with van der Waals surface area (Å²) < 4.78 is 8.97. The molecule has 2 atom stereocenters. The molecule has 0 saturated carbocycles. The van der Waals surface area contributed by atoms with Gasteiger partial charge in [-0.05, 0) is 6.92 Å². The van der Waals surface area contributed by atoms with Gasteiger partial charge in [-0.2, -0.15) is 0 Å². The van der Waals surface area contributed by atoms with E-state index in [1.165, 1.54) is 14.0 Å². The maximum Gasteiger partial charge on any atom is 0.216 e. The summed E-state index contributed by atoms with van der Waals surface area (Å²) in [4.78, 5) is 9.91. The van der Waals surface area contributed by atoms with Crippen molar-refractivity contribution in [2.45, 2.75) is 19.5 Å². The summed E-state index contributed by atoms with van der Waals surface area (Å²) in [7, 11) is 1.32. The molecule has 0 spiro atoms. The van der Waals surface area contributed by atoms with Crippen LogP contribution in [0.2, 0.25) is 0 Å². The molecular weight excluding hydrogens is 124 g/mol. The number of hydrogen-bond donors (Lipinski definition) is 1. The van der Waals surface area contributed by atoms with Crippen LogP contribution in [0, 0.1) is 0 Å². The van der Waals surface area contributed by atoms with E-state index in [9.17, 15) is 4.79 Å². The average molecular weight is 134 g/mol. The summed E-state index contributed by atoms with van der Waals surface area (Å²) in [6.45, 7) is 1.40. The van der Waals surface area contributed by atoms with Crippen molar-refractivity contribution in [3.8, 4) is 0 Å². The van der Waals surface area contributed by atoms with Crippen LogP contribution in [0.1, 0.15) is 6.92 Å². The first-order chi connectivity index (χ1) is 4.20. The number of ether oxygens (including phenoxy) is 2. The summed E-state index contributed by atoms with van der Waals surface area (Å²) in [5.74, 6) is 0. The molecule has 9 heavy (non-hydrogen) atoms. The van der Waals surface area contributed by atoms with Crippen LogP contribution in [0.3, 0.4) is 0 Å². The second-order valence-corrected chi connectivity index (χ2v) is 1.48. The van der Waals surface area contributed by atoms with Crippen molar-refractivity contribution < 1.29 is 19.4 Å². The van der Waals surface area contributed by atoms with Crippen LogP contribution in [-0.4, -0.2) is 31.1 Å². The number of hydrogen-bond acceptors (Lipinski definition) is 4. The molecule has 0 aliphatic carbocycles. The Balaban J connectivity index is 3.42. The van der Waals surface area contributed by atoms with Gasteiger partial charge in [-0.1, -0.05) is 0 Å². The van der Waals surface area contributed by atoms with Gasteiger partial charge >= 0.3 is 0 Å². The Bertz CT molecular complexity index is 81.0. The highest BCUT2D eigenvalue weighted by atomic mass is 16.7. The number of aliphatic hydroxyl groups excluding tert-OH is 1. The molecular formula is C5H10O4. The first kappa shape index (κ1) is 8.55. The normalized spacial score (nSPS) is 16.8. The Morgan fingerprint density at radius 2 is 2.22 bits per heavy atom. The van der Waals surface area contributed by atoms with Gasteiger partial charge in [0.15, 0.2) is 12.6 Å². The van der Waals surface area contributed by atoms with Gasteiger partial charge in [-0.25, -0.2) is 0 Å². The van der Waals surface area contributed by atoms with E-state index < -0.39 is 12.6 Å². The molecule has 0 saturated heterocycles. The summed E-state index contributed by atoms with van der Waals surface area (Å²) in [6, 6.07) is 0. The maximum atomic E-state index is 9.91. The molecule has 0 rings (SSSR count). The minimum Gasteiger partial charge on any atom is -0.368 e. The Hall–Kier alpha value is -0.450. The summed E-state index contributed by atoms with van der Waals surface area (Å²) in [6.07, 6.45) is -1.46. The first-order valence-electron chi connectivity index (χ1n) is 2.52. The Labute approximate surface area is 53.4 Å². The molecule has 0 aromatic heterocycles. The maximum absolute atomic E-state index is 9.91. The Morgan fingerprint density at radius 1 is 1.67 bits per heavy atom. The van der Waals surface area contributed by atoms with E-state index in [2.05, 4.69) is 9.47 Å². The minimum absolute atomic E-state index is 0.465. The van der Waals surface area contributed by atoms with Crippen molar-refractivity contribution in [1.82, 2.24) is 0 Å². The van der Waals surface area contributed by atoms with Crippen LogP contribution in [0.25, 0.3) is 0 Å². The van der Waals surface area contributed by atoms with Crippen molar-refractivity contribution in [3.05, 3.63) is 0 Å².